The zero-order valence-electron chi connectivity index (χ0n) is 5.15. The van der Waals surface area contributed by atoms with E-state index in [1.807, 2.05) is 14.6 Å². The van der Waals surface area contributed by atoms with Gasteiger partial charge in [0.25, 0.3) is 0 Å². The monoisotopic (exact) mass is 208 g/mol. The molecule has 0 fully saturated rings. The molecule has 0 atom stereocenters. The Labute approximate surface area is 58.8 Å². The van der Waals surface area contributed by atoms with Gasteiger partial charge in [-0.1, -0.05) is 0 Å². The Bertz CT molecular complexity index is 128. The van der Waals surface area contributed by atoms with E-state index in [4.69, 9.17) is 0 Å². The molecule has 0 aliphatic rings. The molecule has 0 bridgehead atoms. The van der Waals surface area contributed by atoms with Crippen LogP contribution in [0.25, 0.3) is 0 Å². The van der Waals surface area contributed by atoms with E-state index in [9.17, 15) is 0 Å². The third-order valence-corrected chi connectivity index (χ3v) is 5.49. The van der Waals surface area contributed by atoms with Crippen LogP contribution in [0.3, 0.4) is 0 Å². The summed E-state index contributed by atoms with van der Waals surface area (Å²) in [4.78, 5) is 0. The fraction of sp³-hybridized carbons (Fsp3) is 0.143. The van der Waals surface area contributed by atoms with Crippen molar-refractivity contribution in [1.82, 2.24) is 0 Å². The quantitative estimate of drug-likeness (QED) is 0.603. The topological polar surface area (TPSA) is 0 Å². The molecule has 0 spiro atoms. The Balaban J connectivity index is 3.82. The second-order valence-corrected chi connectivity index (χ2v) is 7.91. The molecule has 40 valence electrons. The first kappa shape index (κ1) is 7.91. The molecule has 8 heavy (non-hydrogen) atoms. The third-order valence-electron chi connectivity index (χ3n) is 0.819. The van der Waals surface area contributed by atoms with E-state index >= 15 is 0 Å². The van der Waals surface area contributed by atoms with Gasteiger partial charge in [-0.15, -0.1) is 0 Å². The second kappa shape index (κ2) is 5.05. The van der Waals surface area contributed by atoms with E-state index in [0.717, 1.165) is 0 Å². The minimum atomic E-state index is -1.64. The van der Waals surface area contributed by atoms with E-state index < -0.39 is 21.4 Å². The van der Waals surface area contributed by atoms with Gasteiger partial charge in [0.2, 0.25) is 0 Å². The maximum atomic E-state index is 3.67. The van der Waals surface area contributed by atoms with Gasteiger partial charge in [-0.25, -0.2) is 0 Å². The van der Waals surface area contributed by atoms with Crippen LogP contribution in [0, 0.1) is 9.60 Å². The van der Waals surface area contributed by atoms with Gasteiger partial charge in [-0.2, -0.15) is 0 Å². The third kappa shape index (κ3) is 2.98. The van der Waals surface area contributed by atoms with Crippen molar-refractivity contribution in [3.05, 3.63) is 20.8 Å². The normalized spacial score (nSPS) is 6.12. The molecule has 0 amide bonds. The molecule has 0 nitrogen and oxygen atoms in total. The van der Waals surface area contributed by atoms with Crippen LogP contribution in [-0.2, 0) is 0 Å². The van der Waals surface area contributed by atoms with Crippen LogP contribution < -0.4 is 0 Å². The van der Waals surface area contributed by atoms with Crippen LogP contribution >= 0.6 is 0 Å². The summed E-state index contributed by atoms with van der Waals surface area (Å²) in [5.74, 6) is 2.87. The van der Waals surface area contributed by atoms with Gasteiger partial charge in [0.05, 0.1) is 0 Å². The van der Waals surface area contributed by atoms with E-state index in [2.05, 4.69) is 22.8 Å². The van der Waals surface area contributed by atoms with Crippen LogP contribution in [0.4, 0.5) is 0 Å². The van der Waals surface area contributed by atoms with Crippen LogP contribution in [0.2, 0.25) is 0 Å². The Morgan fingerprint density at radius 3 is 2.00 bits per heavy atom. The van der Waals surface area contributed by atoms with Gasteiger partial charge >= 0.3 is 58.8 Å². The SMILES string of the molecule is C=[CH][In]([C]#CC)[CH]=C. The van der Waals surface area contributed by atoms with Crippen molar-refractivity contribution in [2.24, 2.45) is 0 Å². The predicted molar refractivity (Wildman–Crippen MR) is 39.6 cm³/mol. The number of rotatable bonds is 2. The van der Waals surface area contributed by atoms with Crippen molar-refractivity contribution in [2.45, 2.75) is 6.92 Å². The van der Waals surface area contributed by atoms with E-state index in [0.29, 0.717) is 0 Å². The molecule has 0 rings (SSSR count). The number of hydrogen-bond donors (Lipinski definition) is 0. The first-order chi connectivity index (χ1) is 3.85. The van der Waals surface area contributed by atoms with Crippen molar-refractivity contribution in [1.29, 1.82) is 0 Å². The molecule has 0 heterocycles. The molecule has 0 N–H and O–H groups in total. The van der Waals surface area contributed by atoms with Crippen LogP contribution in [0.1, 0.15) is 6.92 Å². The zero-order valence-corrected chi connectivity index (χ0v) is 8.44. The molecule has 0 saturated carbocycles. The van der Waals surface area contributed by atoms with Crippen LogP contribution in [0.5, 0.6) is 0 Å². The van der Waals surface area contributed by atoms with E-state index in [-0.39, 0.29) is 0 Å². The van der Waals surface area contributed by atoms with Gasteiger partial charge in [-0.3, -0.25) is 0 Å². The standard InChI is InChI=1S/C3H3.2C2H3.In/c1-3-2;2*1-2;/h1H3;2*1H,2H2;. The van der Waals surface area contributed by atoms with Crippen molar-refractivity contribution in [3.8, 4) is 9.60 Å². The van der Waals surface area contributed by atoms with E-state index in [1.54, 1.807) is 0 Å². The van der Waals surface area contributed by atoms with Gasteiger partial charge in [0.1, 0.15) is 0 Å². The summed E-state index contributed by atoms with van der Waals surface area (Å²) in [5, 5.41) is 0. The Morgan fingerprint density at radius 1 is 1.38 bits per heavy atom. The summed E-state index contributed by atoms with van der Waals surface area (Å²) < 4.78 is 7.06. The summed E-state index contributed by atoms with van der Waals surface area (Å²) in [6.45, 7) is 9.20. The molecule has 1 heteroatoms. The average molecular weight is 208 g/mol. The Hall–Kier alpha value is -0.0899. The zero-order chi connectivity index (χ0) is 6.41. The first-order valence-corrected chi connectivity index (χ1v) is 7.98. The van der Waals surface area contributed by atoms with Gasteiger partial charge in [-0.05, 0) is 0 Å². The summed E-state index contributed by atoms with van der Waals surface area (Å²) >= 11 is -1.64. The molecular weight excluding hydrogens is 199 g/mol. The summed E-state index contributed by atoms with van der Waals surface area (Å²) in [6, 6.07) is 0. The maximum absolute atomic E-state index is 3.67. The Morgan fingerprint density at radius 2 is 1.88 bits per heavy atom. The predicted octanol–water partition coefficient (Wildman–Crippen LogP) is 1.49. The average Bonchev–Trinajstić information content (AvgIpc) is 1.83. The Kier molecular flexibility index (Phi) is 5.00. The van der Waals surface area contributed by atoms with Crippen molar-refractivity contribution >= 4 is 21.4 Å². The van der Waals surface area contributed by atoms with Crippen LogP contribution in [-0.4, -0.2) is 21.4 Å². The molecule has 0 aromatic heterocycles. The van der Waals surface area contributed by atoms with Crippen molar-refractivity contribution in [2.75, 3.05) is 0 Å². The van der Waals surface area contributed by atoms with Crippen LogP contribution in [0.15, 0.2) is 20.8 Å². The fourth-order valence-corrected chi connectivity index (χ4v) is 2.55. The molecule has 0 radical (unpaired) electrons. The molecule has 0 aliphatic carbocycles. The van der Waals surface area contributed by atoms with Gasteiger partial charge < -0.3 is 0 Å². The molecule has 0 unspecified atom stereocenters. The molecule has 0 saturated heterocycles. The van der Waals surface area contributed by atoms with Gasteiger partial charge in [0.15, 0.2) is 0 Å². The molecule has 0 aromatic carbocycles. The molecule has 0 aliphatic heterocycles. The molecular formula is C7H9In. The summed E-state index contributed by atoms with van der Waals surface area (Å²) in [6.07, 6.45) is 0. The minimum absolute atomic E-state index is 1.64. The van der Waals surface area contributed by atoms with Gasteiger partial charge in [0, 0.05) is 0 Å². The number of hydrogen-bond acceptors (Lipinski definition) is 0. The fourth-order valence-electron chi connectivity index (χ4n) is 0.381. The van der Waals surface area contributed by atoms with E-state index in [1.165, 1.54) is 0 Å². The summed E-state index contributed by atoms with van der Waals surface area (Å²) in [5.41, 5.74) is 0. The first-order valence-electron chi connectivity index (χ1n) is 2.52. The van der Waals surface area contributed by atoms with Crippen molar-refractivity contribution < 1.29 is 0 Å². The summed E-state index contributed by atoms with van der Waals surface area (Å²) in [7, 11) is 0. The second-order valence-electron chi connectivity index (χ2n) is 1.39. The van der Waals surface area contributed by atoms with Crippen molar-refractivity contribution in [3.63, 3.8) is 0 Å². The molecule has 0 aromatic rings.